The molecule has 1 saturated carbocycles. The van der Waals surface area contributed by atoms with Gasteiger partial charge in [-0.1, -0.05) is 41.9 Å². The summed E-state index contributed by atoms with van der Waals surface area (Å²) in [5, 5.41) is 9.27. The number of likely N-dealkylation sites (tertiary alicyclic amines) is 1. The molecular formula is C27H25ClF7NO5S. The minimum atomic E-state index is -6.35. The van der Waals surface area contributed by atoms with Gasteiger partial charge in [-0.15, -0.1) is 0 Å². The standard InChI is InChI=1S/C27H25ClF7NO5S/c28-20-2-1-3-21(14-20)42(40,41)24(12-13-36(15-24)22(37)16-4-6-17(7-5-16)23(38)39)18-8-10-19(11-9-18)25(29,26(30,31)32)27(33,34)35/h1-3,8-11,14,16-17H,4-7,12-13,15H2,(H,38,39). The molecule has 1 unspecified atom stereocenters. The minimum absolute atomic E-state index is 0.0419. The van der Waals surface area contributed by atoms with E-state index in [2.05, 4.69) is 0 Å². The molecule has 230 valence electrons. The predicted octanol–water partition coefficient (Wildman–Crippen LogP) is 6.42. The van der Waals surface area contributed by atoms with Gasteiger partial charge in [-0.3, -0.25) is 9.59 Å². The first-order chi connectivity index (χ1) is 19.3. The second-order valence-corrected chi connectivity index (χ2v) is 13.3. The van der Waals surface area contributed by atoms with Crippen molar-refractivity contribution >= 4 is 33.3 Å². The van der Waals surface area contributed by atoms with Crippen molar-refractivity contribution in [3.05, 3.63) is 64.7 Å². The molecule has 2 aromatic rings. The van der Waals surface area contributed by atoms with Crippen LogP contribution in [0.1, 0.15) is 43.2 Å². The zero-order chi connectivity index (χ0) is 31.3. The average molecular weight is 644 g/mol. The number of rotatable bonds is 6. The molecule has 1 aliphatic heterocycles. The first kappa shape index (κ1) is 32.1. The molecule has 42 heavy (non-hydrogen) atoms. The van der Waals surface area contributed by atoms with Crippen molar-refractivity contribution in [2.24, 2.45) is 11.8 Å². The van der Waals surface area contributed by atoms with Crippen molar-refractivity contribution in [2.75, 3.05) is 13.1 Å². The summed E-state index contributed by atoms with van der Waals surface area (Å²) < 4.78 is 121. The molecule has 0 spiro atoms. The number of hydrogen-bond donors (Lipinski definition) is 1. The van der Waals surface area contributed by atoms with Crippen LogP contribution in [0.15, 0.2) is 53.4 Å². The number of hydrogen-bond acceptors (Lipinski definition) is 4. The number of benzene rings is 2. The Balaban J connectivity index is 1.75. The molecular weight excluding hydrogens is 619 g/mol. The third-order valence-electron chi connectivity index (χ3n) is 8.18. The number of nitrogens with zero attached hydrogens (tertiary/aromatic N) is 1. The molecule has 2 aliphatic rings. The largest absolute Gasteiger partial charge is 0.481 e. The summed E-state index contributed by atoms with van der Waals surface area (Å²) in [4.78, 5) is 25.6. The highest BCUT2D eigenvalue weighted by molar-refractivity contribution is 7.92. The number of alkyl halides is 7. The number of carboxylic acid groups (broad SMARTS) is 1. The third kappa shape index (κ3) is 5.36. The molecule has 0 aromatic heterocycles. The first-order valence-corrected chi connectivity index (χ1v) is 14.7. The Morgan fingerprint density at radius 3 is 1.93 bits per heavy atom. The van der Waals surface area contributed by atoms with Gasteiger partial charge in [0.1, 0.15) is 4.75 Å². The zero-order valence-corrected chi connectivity index (χ0v) is 23.3. The van der Waals surface area contributed by atoms with E-state index >= 15 is 0 Å². The number of carbonyl (C=O) groups excluding carboxylic acids is 1. The van der Waals surface area contributed by atoms with Gasteiger partial charge in [0.25, 0.3) is 0 Å². The molecule has 1 amide bonds. The maximum absolute atomic E-state index is 14.7. The van der Waals surface area contributed by atoms with Crippen molar-refractivity contribution in [3.8, 4) is 0 Å². The second-order valence-electron chi connectivity index (χ2n) is 10.6. The van der Waals surface area contributed by atoms with Gasteiger partial charge in [0.15, 0.2) is 9.84 Å². The number of carboxylic acids is 1. The minimum Gasteiger partial charge on any atom is -0.481 e. The predicted molar refractivity (Wildman–Crippen MR) is 136 cm³/mol. The number of aliphatic carboxylic acids is 1. The quantitative estimate of drug-likeness (QED) is 0.367. The lowest BCUT2D eigenvalue weighted by Crippen LogP contribution is -2.50. The van der Waals surface area contributed by atoms with Crippen molar-refractivity contribution in [1.82, 2.24) is 4.90 Å². The van der Waals surface area contributed by atoms with Crippen LogP contribution in [0.25, 0.3) is 0 Å². The van der Waals surface area contributed by atoms with E-state index in [0.717, 1.165) is 6.07 Å². The van der Waals surface area contributed by atoms with E-state index in [0.29, 0.717) is 12.1 Å². The highest BCUT2D eigenvalue weighted by Crippen LogP contribution is 2.54. The van der Waals surface area contributed by atoms with E-state index in [-0.39, 0.29) is 66.3 Å². The number of sulfone groups is 1. The molecule has 1 atom stereocenters. The Kier molecular flexibility index (Phi) is 8.39. The number of carbonyl (C=O) groups is 2. The topological polar surface area (TPSA) is 91.8 Å². The van der Waals surface area contributed by atoms with Crippen LogP contribution in [0.4, 0.5) is 30.7 Å². The van der Waals surface area contributed by atoms with E-state index < -0.39 is 68.4 Å². The van der Waals surface area contributed by atoms with E-state index in [1.165, 1.54) is 23.1 Å². The van der Waals surface area contributed by atoms with Crippen molar-refractivity contribution in [1.29, 1.82) is 0 Å². The molecule has 1 saturated heterocycles. The van der Waals surface area contributed by atoms with Gasteiger partial charge in [0.05, 0.1) is 10.8 Å². The molecule has 0 radical (unpaired) electrons. The lowest BCUT2D eigenvalue weighted by Gasteiger charge is -2.33. The maximum Gasteiger partial charge on any atom is 0.435 e. The van der Waals surface area contributed by atoms with Gasteiger partial charge in [-0.2, -0.15) is 26.3 Å². The number of halogens is 8. The Morgan fingerprint density at radius 2 is 1.43 bits per heavy atom. The van der Waals surface area contributed by atoms with Crippen LogP contribution in [0.2, 0.25) is 5.02 Å². The molecule has 1 aliphatic carbocycles. The fraction of sp³-hybridized carbons (Fsp3) is 0.481. The van der Waals surface area contributed by atoms with Gasteiger partial charge in [0.2, 0.25) is 5.91 Å². The Bertz CT molecular complexity index is 1440. The summed E-state index contributed by atoms with van der Waals surface area (Å²) in [7, 11) is -4.49. The van der Waals surface area contributed by atoms with Crippen LogP contribution in [0, 0.1) is 11.8 Å². The highest BCUT2D eigenvalue weighted by atomic mass is 35.5. The smallest absolute Gasteiger partial charge is 0.435 e. The number of amides is 1. The summed E-state index contributed by atoms with van der Waals surface area (Å²) in [6, 6.07) is 7.00. The normalized spacial score (nSPS) is 24.0. The second kappa shape index (κ2) is 11.0. The van der Waals surface area contributed by atoms with Crippen LogP contribution in [0.3, 0.4) is 0 Å². The lowest BCUT2D eigenvalue weighted by atomic mass is 9.81. The van der Waals surface area contributed by atoms with Crippen LogP contribution in [-0.4, -0.2) is 55.7 Å². The van der Waals surface area contributed by atoms with Crippen LogP contribution in [0.5, 0.6) is 0 Å². The third-order valence-corrected chi connectivity index (χ3v) is 10.9. The summed E-state index contributed by atoms with van der Waals surface area (Å²) in [6.07, 6.45) is -12.0. The van der Waals surface area contributed by atoms with E-state index in [1.54, 1.807) is 0 Å². The van der Waals surface area contributed by atoms with Gasteiger partial charge in [-0.25, -0.2) is 12.8 Å². The first-order valence-electron chi connectivity index (χ1n) is 12.8. The van der Waals surface area contributed by atoms with E-state index in [4.69, 9.17) is 11.6 Å². The molecule has 2 aromatic carbocycles. The van der Waals surface area contributed by atoms with Crippen molar-refractivity contribution in [2.45, 2.75) is 59.8 Å². The molecule has 2 fully saturated rings. The van der Waals surface area contributed by atoms with Gasteiger partial charge in [0, 0.05) is 29.6 Å². The van der Waals surface area contributed by atoms with Crippen LogP contribution >= 0.6 is 11.6 Å². The van der Waals surface area contributed by atoms with E-state index in [1.807, 2.05) is 0 Å². The van der Waals surface area contributed by atoms with E-state index in [9.17, 15) is 53.8 Å². The molecule has 1 heterocycles. The average Bonchev–Trinajstić information content (AvgIpc) is 3.38. The Hall–Kier alpha value is -2.87. The summed E-state index contributed by atoms with van der Waals surface area (Å²) in [5.41, 5.74) is -7.71. The molecule has 0 bridgehead atoms. The van der Waals surface area contributed by atoms with Gasteiger partial charge >= 0.3 is 24.0 Å². The highest BCUT2D eigenvalue weighted by Gasteiger charge is 2.73. The van der Waals surface area contributed by atoms with Crippen LogP contribution < -0.4 is 0 Å². The van der Waals surface area contributed by atoms with Gasteiger partial charge in [-0.05, 0) is 55.9 Å². The fourth-order valence-corrected chi connectivity index (χ4v) is 8.16. The zero-order valence-electron chi connectivity index (χ0n) is 21.7. The molecule has 15 heteroatoms. The Morgan fingerprint density at radius 1 is 0.881 bits per heavy atom. The maximum atomic E-state index is 14.7. The van der Waals surface area contributed by atoms with Crippen molar-refractivity contribution < 1.29 is 53.8 Å². The van der Waals surface area contributed by atoms with Gasteiger partial charge < -0.3 is 10.0 Å². The SMILES string of the molecule is O=C(O)C1CCC(C(=O)N2CCC(c3ccc(C(F)(C(F)(F)F)C(F)(F)F)cc3)(S(=O)(=O)c3cccc(Cl)c3)C2)CC1. The molecule has 6 nitrogen and oxygen atoms in total. The summed E-state index contributed by atoms with van der Waals surface area (Å²) in [6.45, 7) is -0.602. The summed E-state index contributed by atoms with van der Waals surface area (Å²) >= 11 is 5.99. The molecule has 1 N–H and O–H groups in total. The lowest BCUT2D eigenvalue weighted by molar-refractivity contribution is -0.348. The Labute approximate surface area is 241 Å². The van der Waals surface area contributed by atoms with Crippen LogP contribution in [-0.2, 0) is 29.8 Å². The van der Waals surface area contributed by atoms with Crippen molar-refractivity contribution in [3.63, 3.8) is 0 Å². The fourth-order valence-electron chi connectivity index (χ4n) is 5.78. The summed E-state index contributed by atoms with van der Waals surface area (Å²) in [5.74, 6) is -2.61. The molecule has 4 rings (SSSR count). The monoisotopic (exact) mass is 643 g/mol.